The zero-order valence-corrected chi connectivity index (χ0v) is 12.5. The molecule has 23 heavy (non-hydrogen) atoms. The Bertz CT molecular complexity index is 671. The fourth-order valence-corrected chi connectivity index (χ4v) is 2.44. The van der Waals surface area contributed by atoms with Crippen molar-refractivity contribution >= 4 is 12.2 Å². The third-order valence-corrected chi connectivity index (χ3v) is 3.63. The molecule has 0 saturated carbocycles. The van der Waals surface area contributed by atoms with Crippen molar-refractivity contribution in [3.63, 3.8) is 0 Å². The molecule has 1 aliphatic heterocycles. The molecule has 0 aliphatic carbocycles. The molecule has 0 spiro atoms. The van der Waals surface area contributed by atoms with Gasteiger partial charge in [-0.2, -0.15) is 0 Å². The van der Waals surface area contributed by atoms with Gasteiger partial charge in [-0.15, -0.1) is 0 Å². The number of para-hydroxylation sites is 1. The van der Waals surface area contributed by atoms with Crippen LogP contribution >= 0.6 is 0 Å². The van der Waals surface area contributed by atoms with E-state index in [1.165, 1.54) is 5.56 Å². The minimum atomic E-state index is -0.205. The predicted molar refractivity (Wildman–Crippen MR) is 84.9 cm³/mol. The molecule has 5 heteroatoms. The van der Waals surface area contributed by atoms with E-state index in [0.717, 1.165) is 18.5 Å². The zero-order valence-electron chi connectivity index (χ0n) is 12.5. The van der Waals surface area contributed by atoms with Crippen LogP contribution in [0.3, 0.4) is 0 Å². The van der Waals surface area contributed by atoms with Crippen molar-refractivity contribution in [1.82, 2.24) is 5.32 Å². The maximum atomic E-state index is 11.8. The Morgan fingerprint density at radius 2 is 2.00 bits per heavy atom. The molecule has 1 heterocycles. The van der Waals surface area contributed by atoms with Gasteiger partial charge in [0.15, 0.2) is 6.61 Å². The van der Waals surface area contributed by atoms with E-state index in [9.17, 15) is 9.59 Å². The highest BCUT2D eigenvalue weighted by Crippen LogP contribution is 2.27. The first kappa shape index (κ1) is 15.1. The highest BCUT2D eigenvalue weighted by molar-refractivity contribution is 5.77. The first-order valence-electron chi connectivity index (χ1n) is 7.44. The summed E-state index contributed by atoms with van der Waals surface area (Å²) in [4.78, 5) is 22.4. The van der Waals surface area contributed by atoms with Crippen LogP contribution in [-0.2, 0) is 11.2 Å². The van der Waals surface area contributed by atoms with E-state index in [2.05, 4.69) is 5.32 Å². The third-order valence-electron chi connectivity index (χ3n) is 3.63. The number of rotatable bonds is 6. The summed E-state index contributed by atoms with van der Waals surface area (Å²) in [6.45, 7) is 0.376. The maximum Gasteiger partial charge on any atom is 0.258 e. The molecule has 1 unspecified atom stereocenters. The van der Waals surface area contributed by atoms with E-state index >= 15 is 0 Å². The van der Waals surface area contributed by atoms with Gasteiger partial charge in [0.1, 0.15) is 23.9 Å². The number of hydrogen-bond donors (Lipinski definition) is 1. The Labute approximate surface area is 134 Å². The van der Waals surface area contributed by atoms with Crippen LogP contribution in [-0.4, -0.2) is 31.4 Å². The number of hydrogen-bond acceptors (Lipinski definition) is 4. The highest BCUT2D eigenvalue weighted by atomic mass is 16.5. The summed E-state index contributed by atoms with van der Waals surface area (Å²) in [5.74, 6) is 1.23. The lowest BCUT2D eigenvalue weighted by atomic mass is 10.1. The molecule has 2 aromatic carbocycles. The van der Waals surface area contributed by atoms with Crippen molar-refractivity contribution in [2.75, 3.05) is 13.2 Å². The molecule has 1 N–H and O–H groups in total. The van der Waals surface area contributed by atoms with Crippen LogP contribution in [0.4, 0.5) is 0 Å². The summed E-state index contributed by atoms with van der Waals surface area (Å²) < 4.78 is 11.1. The summed E-state index contributed by atoms with van der Waals surface area (Å²) in [5.41, 5.74) is 1.73. The molecule has 1 atom stereocenters. The molecule has 0 radical (unpaired) electrons. The molecule has 0 fully saturated rings. The molecule has 0 aromatic heterocycles. The molecule has 0 bridgehead atoms. The lowest BCUT2D eigenvalue weighted by molar-refractivity contribution is -0.123. The molecule has 5 nitrogen and oxygen atoms in total. The van der Waals surface area contributed by atoms with Crippen LogP contribution in [0.2, 0.25) is 0 Å². The number of nitrogens with one attached hydrogen (secondary N) is 1. The average Bonchev–Trinajstić information content (AvgIpc) is 3.01. The molecular weight excluding hydrogens is 294 g/mol. The number of amides is 1. The van der Waals surface area contributed by atoms with Gasteiger partial charge in [-0.3, -0.25) is 9.59 Å². The quantitative estimate of drug-likeness (QED) is 0.829. The van der Waals surface area contributed by atoms with E-state index in [0.29, 0.717) is 17.9 Å². The van der Waals surface area contributed by atoms with Crippen LogP contribution in [0.5, 0.6) is 11.5 Å². The Hall–Kier alpha value is -2.82. The van der Waals surface area contributed by atoms with Crippen molar-refractivity contribution in [3.05, 3.63) is 59.7 Å². The number of fused-ring (bicyclic) bond motifs is 1. The maximum absolute atomic E-state index is 11.8. The Balaban J connectivity index is 1.41. The fourth-order valence-electron chi connectivity index (χ4n) is 2.44. The standard InChI is InChI=1S/C18H17NO4/c20-11-13-5-7-15(8-6-13)22-12-18(21)19-10-16-9-14-3-1-2-4-17(14)23-16/h1-8,11,16H,9-10,12H2,(H,19,21). The fraction of sp³-hybridized carbons (Fsp3) is 0.222. The molecule has 1 aliphatic rings. The van der Waals surface area contributed by atoms with Gasteiger partial charge in [0, 0.05) is 12.0 Å². The molecule has 0 saturated heterocycles. The van der Waals surface area contributed by atoms with Gasteiger partial charge in [-0.25, -0.2) is 0 Å². The largest absolute Gasteiger partial charge is 0.488 e. The Morgan fingerprint density at radius 3 is 2.74 bits per heavy atom. The smallest absolute Gasteiger partial charge is 0.258 e. The molecule has 118 valence electrons. The summed E-state index contributed by atoms with van der Waals surface area (Å²) >= 11 is 0. The summed E-state index contributed by atoms with van der Waals surface area (Å²) in [5, 5.41) is 2.81. The number of ether oxygens (including phenoxy) is 2. The van der Waals surface area contributed by atoms with Crippen LogP contribution < -0.4 is 14.8 Å². The molecule has 3 rings (SSSR count). The van der Waals surface area contributed by atoms with Crippen LogP contribution in [0.15, 0.2) is 48.5 Å². The lowest BCUT2D eigenvalue weighted by Gasteiger charge is -2.12. The number of carbonyl (C=O) groups is 2. The van der Waals surface area contributed by atoms with Crippen molar-refractivity contribution in [1.29, 1.82) is 0 Å². The van der Waals surface area contributed by atoms with Crippen molar-refractivity contribution < 1.29 is 19.1 Å². The molecule has 2 aromatic rings. The Morgan fingerprint density at radius 1 is 1.22 bits per heavy atom. The average molecular weight is 311 g/mol. The van der Waals surface area contributed by atoms with Gasteiger partial charge >= 0.3 is 0 Å². The number of carbonyl (C=O) groups excluding carboxylic acids is 2. The van der Waals surface area contributed by atoms with Gasteiger partial charge in [-0.1, -0.05) is 18.2 Å². The second kappa shape index (κ2) is 6.96. The second-order valence-electron chi connectivity index (χ2n) is 5.33. The van der Waals surface area contributed by atoms with Gasteiger partial charge < -0.3 is 14.8 Å². The predicted octanol–water partition coefficient (Wildman–Crippen LogP) is 2.00. The Kier molecular flexibility index (Phi) is 4.57. The SMILES string of the molecule is O=Cc1ccc(OCC(=O)NCC2Cc3ccccc3O2)cc1. The first-order valence-corrected chi connectivity index (χ1v) is 7.44. The van der Waals surface area contributed by atoms with Crippen LogP contribution in [0.25, 0.3) is 0 Å². The van der Waals surface area contributed by atoms with Gasteiger partial charge in [0.05, 0.1) is 6.54 Å². The normalized spacial score (nSPS) is 15.4. The molecule has 1 amide bonds. The number of aldehydes is 1. The summed E-state index contributed by atoms with van der Waals surface area (Å²) in [6, 6.07) is 14.5. The van der Waals surface area contributed by atoms with E-state index < -0.39 is 0 Å². The van der Waals surface area contributed by atoms with Gasteiger partial charge in [-0.05, 0) is 35.9 Å². The third kappa shape index (κ3) is 3.88. The van der Waals surface area contributed by atoms with E-state index in [-0.39, 0.29) is 18.6 Å². The minimum absolute atomic E-state index is 0.0387. The monoisotopic (exact) mass is 311 g/mol. The van der Waals surface area contributed by atoms with Gasteiger partial charge in [0.2, 0.25) is 0 Å². The summed E-state index contributed by atoms with van der Waals surface area (Å²) in [7, 11) is 0. The van der Waals surface area contributed by atoms with Crippen molar-refractivity contribution in [2.24, 2.45) is 0 Å². The van der Waals surface area contributed by atoms with Crippen molar-refractivity contribution in [2.45, 2.75) is 12.5 Å². The second-order valence-corrected chi connectivity index (χ2v) is 5.33. The molecular formula is C18H17NO4. The lowest BCUT2D eigenvalue weighted by Crippen LogP contribution is -2.37. The van der Waals surface area contributed by atoms with E-state index in [4.69, 9.17) is 9.47 Å². The minimum Gasteiger partial charge on any atom is -0.488 e. The van der Waals surface area contributed by atoms with Crippen molar-refractivity contribution in [3.8, 4) is 11.5 Å². The van der Waals surface area contributed by atoms with Crippen LogP contribution in [0, 0.1) is 0 Å². The number of benzene rings is 2. The first-order chi connectivity index (χ1) is 11.2. The highest BCUT2D eigenvalue weighted by Gasteiger charge is 2.22. The van der Waals surface area contributed by atoms with E-state index in [1.54, 1.807) is 24.3 Å². The van der Waals surface area contributed by atoms with Gasteiger partial charge in [0.25, 0.3) is 5.91 Å². The topological polar surface area (TPSA) is 64.6 Å². The van der Waals surface area contributed by atoms with Crippen LogP contribution in [0.1, 0.15) is 15.9 Å². The van der Waals surface area contributed by atoms with E-state index in [1.807, 2.05) is 24.3 Å². The summed E-state index contributed by atoms with van der Waals surface area (Å²) in [6.07, 6.45) is 1.52. The zero-order chi connectivity index (χ0) is 16.1.